The molecule has 1 heterocycles. The topological polar surface area (TPSA) is 52.1 Å². The lowest BCUT2D eigenvalue weighted by Crippen LogP contribution is -2.17. The Morgan fingerprint density at radius 1 is 0.833 bits per heavy atom. The summed E-state index contributed by atoms with van der Waals surface area (Å²) >= 11 is 0. The highest BCUT2D eigenvalue weighted by Crippen LogP contribution is 2.37. The highest BCUT2D eigenvalue weighted by atomic mass is 16.5. The number of carbonyl (C=O) groups excluding carboxylic acids is 1. The van der Waals surface area contributed by atoms with Crippen molar-refractivity contribution in [2.75, 3.05) is 0 Å². The molecule has 0 N–H and O–H groups in total. The number of carbonyl (C=O) groups is 1. The molecule has 1 aliphatic rings. The van der Waals surface area contributed by atoms with Gasteiger partial charge in [-0.1, -0.05) is 84.9 Å². The maximum absolute atomic E-state index is 12.7. The van der Waals surface area contributed by atoms with Crippen molar-refractivity contribution in [3.63, 3.8) is 0 Å². The van der Waals surface area contributed by atoms with E-state index in [1.54, 1.807) is 0 Å². The zero-order valence-electron chi connectivity index (χ0n) is 20.8. The molecule has 0 saturated heterocycles. The quantitative estimate of drug-likeness (QED) is 0.254. The maximum Gasteiger partial charge on any atom is 0.193 e. The van der Waals surface area contributed by atoms with Crippen molar-refractivity contribution >= 4 is 5.78 Å². The zero-order valence-corrected chi connectivity index (χ0v) is 20.8. The first-order valence-corrected chi connectivity index (χ1v) is 12.8. The third kappa shape index (κ3) is 5.88. The zero-order chi connectivity index (χ0) is 24.7. The maximum atomic E-state index is 12.7. The van der Waals surface area contributed by atoms with E-state index < -0.39 is 0 Å². The molecule has 0 amide bonds. The van der Waals surface area contributed by atoms with Crippen LogP contribution in [0.25, 0.3) is 0 Å². The molecule has 4 nitrogen and oxygen atoms in total. The van der Waals surface area contributed by atoms with Crippen LogP contribution in [-0.2, 0) is 13.0 Å². The fourth-order valence-corrected chi connectivity index (χ4v) is 5.10. The molecule has 0 atom stereocenters. The molecule has 1 fully saturated rings. The second kappa shape index (κ2) is 11.3. The number of benzene rings is 3. The van der Waals surface area contributed by atoms with Crippen LogP contribution in [0.1, 0.15) is 70.2 Å². The molecular weight excluding hydrogens is 444 g/mol. The van der Waals surface area contributed by atoms with Gasteiger partial charge in [-0.05, 0) is 55.6 Å². The molecule has 0 radical (unpaired) electrons. The minimum Gasteiger partial charge on any atom is -0.485 e. The lowest BCUT2D eigenvalue weighted by Gasteiger charge is -2.28. The van der Waals surface area contributed by atoms with Gasteiger partial charge in [0.25, 0.3) is 0 Å². The van der Waals surface area contributed by atoms with Crippen molar-refractivity contribution in [3.05, 3.63) is 125 Å². The first-order chi connectivity index (χ1) is 17.7. The predicted molar refractivity (Wildman–Crippen MR) is 142 cm³/mol. The van der Waals surface area contributed by atoms with Crippen LogP contribution in [0.2, 0.25) is 0 Å². The Bertz CT molecular complexity index is 1280. The van der Waals surface area contributed by atoms with Gasteiger partial charge in [-0.25, -0.2) is 9.97 Å². The summed E-state index contributed by atoms with van der Waals surface area (Å²) in [6.07, 6.45) is 7.40. The lowest BCUT2D eigenvalue weighted by molar-refractivity contribution is 0.103. The lowest BCUT2D eigenvalue weighted by atomic mass is 9.77. The molecule has 0 spiro atoms. The molecule has 0 unspecified atom stereocenters. The summed E-state index contributed by atoms with van der Waals surface area (Å²) < 4.78 is 5.93. The van der Waals surface area contributed by atoms with Crippen LogP contribution in [0, 0.1) is 12.8 Å². The van der Waals surface area contributed by atoms with Gasteiger partial charge in [0.2, 0.25) is 0 Å². The Morgan fingerprint density at radius 2 is 1.47 bits per heavy atom. The smallest absolute Gasteiger partial charge is 0.193 e. The van der Waals surface area contributed by atoms with E-state index in [0.717, 1.165) is 53.2 Å². The summed E-state index contributed by atoms with van der Waals surface area (Å²) in [5, 5.41) is 0. The Labute approximate surface area is 213 Å². The number of hydrogen-bond donors (Lipinski definition) is 0. The number of rotatable bonds is 8. The van der Waals surface area contributed by atoms with E-state index in [-0.39, 0.29) is 5.78 Å². The number of ether oxygens (including phenoxy) is 1. The van der Waals surface area contributed by atoms with Crippen LogP contribution in [0.3, 0.4) is 0 Å². The molecule has 0 bridgehead atoms. The van der Waals surface area contributed by atoms with Crippen LogP contribution in [0.15, 0.2) is 91.1 Å². The van der Waals surface area contributed by atoms with Crippen molar-refractivity contribution in [3.8, 4) is 5.75 Å². The highest BCUT2D eigenvalue weighted by molar-refractivity contribution is 6.08. The highest BCUT2D eigenvalue weighted by Gasteiger charge is 2.24. The van der Waals surface area contributed by atoms with E-state index in [4.69, 9.17) is 9.72 Å². The molecule has 182 valence electrons. The van der Waals surface area contributed by atoms with E-state index in [1.165, 1.54) is 18.4 Å². The van der Waals surface area contributed by atoms with Crippen LogP contribution in [0.4, 0.5) is 0 Å². The first kappa shape index (κ1) is 23.9. The summed E-state index contributed by atoms with van der Waals surface area (Å²) in [6.45, 7) is 2.52. The van der Waals surface area contributed by atoms with Gasteiger partial charge < -0.3 is 4.74 Å². The summed E-state index contributed by atoms with van der Waals surface area (Å²) in [4.78, 5) is 22.0. The second-order valence-corrected chi connectivity index (χ2v) is 9.75. The third-order valence-electron chi connectivity index (χ3n) is 7.22. The van der Waals surface area contributed by atoms with Crippen molar-refractivity contribution in [1.29, 1.82) is 0 Å². The Hall–Kier alpha value is -3.79. The fourth-order valence-electron chi connectivity index (χ4n) is 5.10. The molecule has 5 rings (SSSR count). The predicted octanol–water partition coefficient (Wildman–Crippen LogP) is 7.11. The monoisotopic (exact) mass is 476 g/mol. The number of aromatic nitrogens is 2. The molecule has 4 heteroatoms. The molecule has 36 heavy (non-hydrogen) atoms. The molecular formula is C32H32N2O2. The number of ketones is 1. The van der Waals surface area contributed by atoms with E-state index in [9.17, 15) is 4.79 Å². The standard InChI is InChI=1S/C32H32N2O2/c1-23-30(36-22-25-8-4-2-5-9-25)21-33-31(34-23)20-24-12-14-26(15-13-24)27-16-18-29(19-17-27)32(35)28-10-6-3-7-11-28/h2-11,16-19,21,24,26H,12-15,20,22H2,1H3. The van der Waals surface area contributed by atoms with E-state index in [2.05, 4.69) is 29.2 Å². The fraction of sp³-hybridized carbons (Fsp3) is 0.281. The van der Waals surface area contributed by atoms with Gasteiger partial charge in [0.1, 0.15) is 12.4 Å². The molecule has 0 aliphatic heterocycles. The summed E-state index contributed by atoms with van der Waals surface area (Å²) in [5.41, 5.74) is 4.86. The minimum absolute atomic E-state index is 0.0811. The molecule has 1 aliphatic carbocycles. The molecule has 1 aromatic heterocycles. The Morgan fingerprint density at radius 3 is 2.14 bits per heavy atom. The van der Waals surface area contributed by atoms with E-state index in [1.807, 2.05) is 73.8 Å². The average molecular weight is 477 g/mol. The van der Waals surface area contributed by atoms with Gasteiger partial charge in [-0.15, -0.1) is 0 Å². The van der Waals surface area contributed by atoms with Crippen molar-refractivity contribution in [2.24, 2.45) is 5.92 Å². The van der Waals surface area contributed by atoms with Crippen LogP contribution >= 0.6 is 0 Å². The van der Waals surface area contributed by atoms with Crippen molar-refractivity contribution < 1.29 is 9.53 Å². The van der Waals surface area contributed by atoms with Gasteiger partial charge in [0.15, 0.2) is 11.5 Å². The van der Waals surface area contributed by atoms with E-state index >= 15 is 0 Å². The van der Waals surface area contributed by atoms with Crippen LogP contribution < -0.4 is 4.74 Å². The Balaban J connectivity index is 1.12. The third-order valence-corrected chi connectivity index (χ3v) is 7.22. The van der Waals surface area contributed by atoms with Gasteiger partial charge in [-0.2, -0.15) is 0 Å². The van der Waals surface area contributed by atoms with Crippen molar-refractivity contribution in [2.45, 2.75) is 51.6 Å². The summed E-state index contributed by atoms with van der Waals surface area (Å²) in [7, 11) is 0. The molecule has 3 aromatic carbocycles. The first-order valence-electron chi connectivity index (χ1n) is 12.8. The summed E-state index contributed by atoms with van der Waals surface area (Å²) in [5.74, 6) is 2.90. The summed E-state index contributed by atoms with van der Waals surface area (Å²) in [6, 6.07) is 27.9. The van der Waals surface area contributed by atoms with Gasteiger partial charge in [-0.3, -0.25) is 4.79 Å². The van der Waals surface area contributed by atoms with Gasteiger partial charge in [0.05, 0.1) is 11.9 Å². The van der Waals surface area contributed by atoms with Gasteiger partial charge >= 0.3 is 0 Å². The number of aryl methyl sites for hydroxylation is 1. The average Bonchev–Trinajstić information content (AvgIpc) is 2.94. The molecule has 1 saturated carbocycles. The van der Waals surface area contributed by atoms with Crippen molar-refractivity contribution in [1.82, 2.24) is 9.97 Å². The minimum atomic E-state index is 0.0811. The second-order valence-electron chi connectivity index (χ2n) is 9.75. The van der Waals surface area contributed by atoms with E-state index in [0.29, 0.717) is 18.4 Å². The van der Waals surface area contributed by atoms with Crippen LogP contribution in [0.5, 0.6) is 5.75 Å². The van der Waals surface area contributed by atoms with Gasteiger partial charge in [0, 0.05) is 17.5 Å². The largest absolute Gasteiger partial charge is 0.485 e. The number of nitrogens with zero attached hydrogens (tertiary/aromatic N) is 2. The molecule has 4 aromatic rings. The Kier molecular flexibility index (Phi) is 7.51. The number of hydrogen-bond acceptors (Lipinski definition) is 4. The normalized spacial score (nSPS) is 17.5. The van der Waals surface area contributed by atoms with Crippen LogP contribution in [-0.4, -0.2) is 15.8 Å². The SMILES string of the molecule is Cc1nc(CC2CCC(c3ccc(C(=O)c4ccccc4)cc3)CC2)ncc1OCc1ccccc1.